The molecule has 202 valence electrons. The molecule has 1 unspecified atom stereocenters. The van der Waals surface area contributed by atoms with Crippen LogP contribution in [0.15, 0.2) is 53.7 Å². The number of halogens is 2. The number of nitrogens with zero attached hydrogens (tertiary/aromatic N) is 3. The first-order valence-corrected chi connectivity index (χ1v) is 14.8. The summed E-state index contributed by atoms with van der Waals surface area (Å²) in [4.78, 5) is 11.5. The molecule has 0 spiro atoms. The third-order valence-electron chi connectivity index (χ3n) is 8.48. The second-order valence-corrected chi connectivity index (χ2v) is 13.4. The summed E-state index contributed by atoms with van der Waals surface area (Å²) in [5.74, 6) is -0.997. The topological polar surface area (TPSA) is 72.4 Å². The molecule has 1 aromatic heterocycles. The molecular weight excluding hydrogens is 508 g/mol. The molecule has 0 amide bonds. The Hall–Kier alpha value is -3.07. The van der Waals surface area contributed by atoms with E-state index in [4.69, 9.17) is 4.74 Å². The van der Waals surface area contributed by atoms with Crippen LogP contribution in [-0.2, 0) is 16.3 Å². The lowest BCUT2D eigenvalue weighted by Crippen LogP contribution is -2.30. The van der Waals surface area contributed by atoms with Gasteiger partial charge >= 0.3 is 0 Å². The maximum absolute atomic E-state index is 14.9. The number of ether oxygens (including phenoxy) is 1. The Bertz CT molecular complexity index is 1400. The molecule has 3 aromatic rings. The average molecular weight is 542 g/mol. The van der Waals surface area contributed by atoms with Gasteiger partial charge in [0.05, 0.1) is 11.5 Å². The number of hydrogen-bond acceptors (Lipinski definition) is 6. The van der Waals surface area contributed by atoms with Gasteiger partial charge in [-0.15, -0.1) is 0 Å². The van der Waals surface area contributed by atoms with Gasteiger partial charge in [0, 0.05) is 31.7 Å². The lowest BCUT2D eigenvalue weighted by molar-refractivity contribution is 0.184. The smallest absolute Gasteiger partial charge is 0.225 e. The van der Waals surface area contributed by atoms with E-state index in [0.717, 1.165) is 50.1 Å². The molecule has 2 aromatic carbocycles. The minimum atomic E-state index is -3.35. The molecule has 2 heterocycles. The van der Waals surface area contributed by atoms with Crippen LogP contribution in [0.5, 0.6) is 5.75 Å². The van der Waals surface area contributed by atoms with Crippen molar-refractivity contribution >= 4 is 15.8 Å². The van der Waals surface area contributed by atoms with Crippen LogP contribution >= 0.6 is 0 Å². The second kappa shape index (κ2) is 9.59. The summed E-state index contributed by atoms with van der Waals surface area (Å²) in [6, 6.07) is 8.38. The van der Waals surface area contributed by atoms with Crippen molar-refractivity contribution in [3.63, 3.8) is 0 Å². The maximum Gasteiger partial charge on any atom is 0.225 e. The Morgan fingerprint density at radius 2 is 1.53 bits per heavy atom. The number of rotatable bonds is 7. The molecule has 1 aliphatic heterocycles. The van der Waals surface area contributed by atoms with Crippen molar-refractivity contribution in [2.75, 3.05) is 30.9 Å². The normalized spacial score (nSPS) is 25.0. The van der Waals surface area contributed by atoms with E-state index in [1.165, 1.54) is 36.4 Å². The van der Waals surface area contributed by atoms with Gasteiger partial charge in [-0.25, -0.2) is 27.2 Å². The lowest BCUT2D eigenvalue weighted by Gasteiger charge is -2.31. The fourth-order valence-corrected chi connectivity index (χ4v) is 6.79. The van der Waals surface area contributed by atoms with Gasteiger partial charge in [-0.1, -0.05) is 32.9 Å². The van der Waals surface area contributed by atoms with Crippen molar-refractivity contribution in [3.05, 3.63) is 66.0 Å². The molecule has 1 saturated heterocycles. The Morgan fingerprint density at radius 3 is 2.03 bits per heavy atom. The predicted octanol–water partition coefficient (Wildman–Crippen LogP) is 5.71. The first kappa shape index (κ1) is 26.5. The highest BCUT2D eigenvalue weighted by atomic mass is 32.2. The molecule has 5 rings (SSSR count). The van der Waals surface area contributed by atoms with Gasteiger partial charge in [-0.05, 0) is 77.0 Å². The highest BCUT2D eigenvalue weighted by Gasteiger charge is 2.58. The monoisotopic (exact) mass is 541 g/mol. The maximum atomic E-state index is 14.9. The predicted molar refractivity (Wildman–Crippen MR) is 143 cm³/mol. The highest BCUT2D eigenvalue weighted by Crippen LogP contribution is 2.59. The van der Waals surface area contributed by atoms with Gasteiger partial charge in [0.15, 0.2) is 27.2 Å². The SMILES string of the molecule is CCc1cnc(N2C[C@]3(C)CC(COc4c(F)cc(-c5ccc(S(C)(=O)=O)cc5)cc4F)C[C@]3(C)C2)nc1. The van der Waals surface area contributed by atoms with E-state index in [2.05, 4.69) is 35.6 Å². The number of anilines is 1. The molecule has 2 aliphatic rings. The number of sulfone groups is 1. The van der Waals surface area contributed by atoms with Gasteiger partial charge in [0.25, 0.3) is 0 Å². The van der Waals surface area contributed by atoms with Gasteiger partial charge in [0.1, 0.15) is 0 Å². The van der Waals surface area contributed by atoms with Crippen LogP contribution < -0.4 is 9.64 Å². The van der Waals surface area contributed by atoms with E-state index in [-0.39, 0.29) is 34.0 Å². The van der Waals surface area contributed by atoms with Crippen molar-refractivity contribution in [2.45, 2.75) is 44.9 Å². The molecule has 6 nitrogen and oxygen atoms in total. The number of aromatic nitrogens is 2. The zero-order valence-electron chi connectivity index (χ0n) is 22.2. The minimum Gasteiger partial charge on any atom is -0.487 e. The Morgan fingerprint density at radius 1 is 0.974 bits per heavy atom. The van der Waals surface area contributed by atoms with E-state index in [1.807, 2.05) is 12.4 Å². The summed E-state index contributed by atoms with van der Waals surface area (Å²) in [6.45, 7) is 8.54. The molecule has 3 atom stereocenters. The first-order chi connectivity index (χ1) is 17.9. The largest absolute Gasteiger partial charge is 0.487 e. The molecule has 0 radical (unpaired) electrons. The second-order valence-electron chi connectivity index (χ2n) is 11.4. The fourth-order valence-electron chi connectivity index (χ4n) is 6.16. The molecule has 9 heteroatoms. The van der Waals surface area contributed by atoms with Crippen molar-refractivity contribution in [2.24, 2.45) is 16.7 Å². The molecular formula is C29H33F2N3O3S. The summed E-state index contributed by atoms with van der Waals surface area (Å²) in [7, 11) is -3.35. The van der Waals surface area contributed by atoms with Crippen LogP contribution in [0.4, 0.5) is 14.7 Å². The zero-order valence-corrected chi connectivity index (χ0v) is 23.0. The van der Waals surface area contributed by atoms with Crippen LogP contribution in [0.1, 0.15) is 39.2 Å². The Balaban J connectivity index is 1.25. The molecule has 0 N–H and O–H groups in total. The van der Waals surface area contributed by atoms with Gasteiger partial charge in [-0.3, -0.25) is 0 Å². The minimum absolute atomic E-state index is 0.0207. The van der Waals surface area contributed by atoms with Crippen molar-refractivity contribution in [1.29, 1.82) is 0 Å². The van der Waals surface area contributed by atoms with E-state index in [0.29, 0.717) is 11.1 Å². The van der Waals surface area contributed by atoms with E-state index in [9.17, 15) is 17.2 Å². The van der Waals surface area contributed by atoms with Crippen LogP contribution in [0.2, 0.25) is 0 Å². The van der Waals surface area contributed by atoms with E-state index >= 15 is 0 Å². The van der Waals surface area contributed by atoms with Crippen molar-refractivity contribution in [1.82, 2.24) is 9.97 Å². The van der Waals surface area contributed by atoms with E-state index < -0.39 is 21.5 Å². The van der Waals surface area contributed by atoms with Crippen LogP contribution in [-0.4, -0.2) is 44.3 Å². The molecule has 38 heavy (non-hydrogen) atoms. The van der Waals surface area contributed by atoms with Crippen LogP contribution in [0, 0.1) is 28.4 Å². The molecule has 2 fully saturated rings. The fraction of sp³-hybridized carbons (Fsp3) is 0.448. The lowest BCUT2D eigenvalue weighted by atomic mass is 9.71. The van der Waals surface area contributed by atoms with Gasteiger partial charge in [-0.2, -0.15) is 0 Å². The highest BCUT2D eigenvalue weighted by molar-refractivity contribution is 7.90. The summed E-state index contributed by atoms with van der Waals surface area (Å²) in [5, 5.41) is 0. The van der Waals surface area contributed by atoms with Crippen LogP contribution in [0.25, 0.3) is 11.1 Å². The Kier molecular flexibility index (Phi) is 6.70. The third kappa shape index (κ3) is 4.88. The van der Waals surface area contributed by atoms with Crippen molar-refractivity contribution in [3.8, 4) is 16.9 Å². The summed E-state index contributed by atoms with van der Waals surface area (Å²) >= 11 is 0. The summed E-state index contributed by atoms with van der Waals surface area (Å²) < 4.78 is 58.9. The summed E-state index contributed by atoms with van der Waals surface area (Å²) in [6.07, 6.45) is 7.57. The average Bonchev–Trinajstić information content (AvgIpc) is 3.26. The third-order valence-corrected chi connectivity index (χ3v) is 9.60. The number of hydrogen-bond donors (Lipinski definition) is 0. The van der Waals surface area contributed by atoms with Gasteiger partial charge < -0.3 is 9.64 Å². The van der Waals surface area contributed by atoms with Crippen LogP contribution in [0.3, 0.4) is 0 Å². The number of fused-ring (bicyclic) bond motifs is 1. The zero-order chi connectivity index (χ0) is 27.3. The molecule has 1 saturated carbocycles. The Labute approximate surface area is 223 Å². The first-order valence-electron chi connectivity index (χ1n) is 12.9. The number of benzene rings is 2. The number of aryl methyl sites for hydroxylation is 1. The van der Waals surface area contributed by atoms with Gasteiger partial charge in [0.2, 0.25) is 5.95 Å². The standard InChI is InChI=1S/C29H33F2N3O3S/c1-5-19-14-32-27(33-15-19)34-17-28(2)12-20(13-29(28,3)18-34)16-37-26-24(30)10-22(11-25(26)31)21-6-8-23(9-7-21)38(4,35)36/h6-11,14-15,20H,5,12-13,16-18H2,1-4H3/t20?,28-,29+. The molecule has 0 bridgehead atoms. The molecule has 1 aliphatic carbocycles. The van der Waals surface area contributed by atoms with E-state index in [1.54, 1.807) is 0 Å². The van der Waals surface area contributed by atoms with Crippen molar-refractivity contribution < 1.29 is 21.9 Å². The quantitative estimate of drug-likeness (QED) is 0.382. The summed E-state index contributed by atoms with van der Waals surface area (Å²) in [5.41, 5.74) is 1.99.